The number of ether oxygens (including phenoxy) is 3. The van der Waals surface area contributed by atoms with Gasteiger partial charge in [0.15, 0.2) is 5.78 Å². The number of rotatable bonds is 4. The minimum absolute atomic E-state index is 0.0229. The Morgan fingerprint density at radius 3 is 2.28 bits per heavy atom. The van der Waals surface area contributed by atoms with E-state index in [0.29, 0.717) is 5.56 Å². The molecule has 10 nitrogen and oxygen atoms in total. The molecule has 1 aliphatic heterocycles. The van der Waals surface area contributed by atoms with Crippen LogP contribution in [0.5, 0.6) is 17.2 Å². The van der Waals surface area contributed by atoms with Crippen LogP contribution < -0.4 is 9.47 Å². The molecule has 0 saturated carbocycles. The van der Waals surface area contributed by atoms with Crippen LogP contribution in [0.25, 0.3) is 0 Å². The molecule has 0 bridgehead atoms. The molecule has 5 N–H and O–H groups in total. The molecule has 2 aliphatic rings. The third kappa shape index (κ3) is 3.42. The van der Waals surface area contributed by atoms with Gasteiger partial charge in [0.25, 0.3) is 0 Å². The van der Waals surface area contributed by atoms with Crippen molar-refractivity contribution >= 4 is 11.6 Å². The summed E-state index contributed by atoms with van der Waals surface area (Å²) in [5.74, 6) is -1.58. The van der Waals surface area contributed by atoms with Gasteiger partial charge in [-0.15, -0.1) is 0 Å². The number of phenolic OH excluding ortho intramolecular Hbond substituents is 1. The van der Waals surface area contributed by atoms with E-state index in [-0.39, 0.29) is 33.8 Å². The molecule has 0 unspecified atom stereocenters. The molecule has 1 saturated heterocycles. The second-order valence-corrected chi connectivity index (χ2v) is 7.73. The summed E-state index contributed by atoms with van der Waals surface area (Å²) in [4.78, 5) is 26.5. The van der Waals surface area contributed by atoms with Gasteiger partial charge in [-0.1, -0.05) is 0 Å². The second kappa shape index (κ2) is 8.15. The predicted molar refractivity (Wildman–Crippen MR) is 107 cm³/mol. The second-order valence-electron chi connectivity index (χ2n) is 7.73. The fourth-order valence-electron chi connectivity index (χ4n) is 3.96. The number of carbonyl (C=O) groups is 2. The number of aryl methyl sites for hydroxylation is 1. The Morgan fingerprint density at radius 1 is 0.938 bits per heavy atom. The molecule has 32 heavy (non-hydrogen) atoms. The number of aliphatic hydroxyl groups excluding tert-OH is 4. The van der Waals surface area contributed by atoms with E-state index in [2.05, 4.69) is 0 Å². The number of carbonyl (C=O) groups excluding carboxylic acids is 2. The van der Waals surface area contributed by atoms with Crippen molar-refractivity contribution in [1.29, 1.82) is 0 Å². The lowest BCUT2D eigenvalue weighted by Crippen LogP contribution is -2.60. The van der Waals surface area contributed by atoms with Crippen LogP contribution in [0.2, 0.25) is 0 Å². The molecule has 0 spiro atoms. The minimum atomic E-state index is -1.71. The first-order valence-electron chi connectivity index (χ1n) is 9.80. The van der Waals surface area contributed by atoms with Gasteiger partial charge in [0.1, 0.15) is 41.7 Å². The number of aliphatic hydroxyl groups is 4. The molecule has 10 heteroatoms. The van der Waals surface area contributed by atoms with Gasteiger partial charge in [0.2, 0.25) is 12.1 Å². The first-order valence-corrected chi connectivity index (χ1v) is 9.80. The largest absolute Gasteiger partial charge is 0.507 e. The molecule has 0 aromatic heterocycles. The van der Waals surface area contributed by atoms with Crippen molar-refractivity contribution < 1.29 is 49.3 Å². The van der Waals surface area contributed by atoms with Gasteiger partial charge >= 0.3 is 0 Å². The quantitative estimate of drug-likeness (QED) is 0.358. The van der Waals surface area contributed by atoms with Gasteiger partial charge in [-0.05, 0) is 30.7 Å². The Morgan fingerprint density at radius 2 is 1.62 bits per heavy atom. The molecule has 2 aromatic rings. The molecule has 170 valence electrons. The lowest BCUT2D eigenvalue weighted by atomic mass is 9.82. The van der Waals surface area contributed by atoms with Crippen LogP contribution >= 0.6 is 0 Å². The third-order valence-corrected chi connectivity index (χ3v) is 5.61. The maximum absolute atomic E-state index is 13.3. The molecular weight excluding hydrogens is 424 g/mol. The molecule has 0 amide bonds. The summed E-state index contributed by atoms with van der Waals surface area (Å²) in [5.41, 5.74) is 0.190. The van der Waals surface area contributed by atoms with Crippen LogP contribution in [-0.2, 0) is 4.74 Å². The molecule has 5 atom stereocenters. The van der Waals surface area contributed by atoms with E-state index >= 15 is 0 Å². The van der Waals surface area contributed by atoms with E-state index in [1.165, 1.54) is 31.4 Å². The summed E-state index contributed by atoms with van der Waals surface area (Å²) in [6.07, 6.45) is -7.73. The van der Waals surface area contributed by atoms with Crippen molar-refractivity contribution in [3.8, 4) is 17.2 Å². The number of aromatic hydroxyl groups is 1. The first kappa shape index (κ1) is 22.2. The average Bonchev–Trinajstić information content (AvgIpc) is 2.76. The molecular formula is C22H22O10. The monoisotopic (exact) mass is 446 g/mol. The highest BCUT2D eigenvalue weighted by molar-refractivity contribution is 6.30. The van der Waals surface area contributed by atoms with Gasteiger partial charge in [0.05, 0.1) is 24.8 Å². The van der Waals surface area contributed by atoms with E-state index in [4.69, 9.17) is 14.2 Å². The van der Waals surface area contributed by atoms with Crippen molar-refractivity contribution in [1.82, 2.24) is 0 Å². The van der Waals surface area contributed by atoms with E-state index in [9.17, 15) is 35.1 Å². The Bertz CT molecular complexity index is 1090. The Labute approximate surface area is 182 Å². The van der Waals surface area contributed by atoms with Gasteiger partial charge in [-0.2, -0.15) is 0 Å². The average molecular weight is 446 g/mol. The van der Waals surface area contributed by atoms with Gasteiger partial charge in [-0.25, -0.2) is 0 Å². The van der Waals surface area contributed by atoms with E-state index in [1.807, 2.05) is 0 Å². The molecule has 1 aliphatic carbocycles. The Hall–Kier alpha value is -3.02. The number of hydrogen-bond acceptors (Lipinski definition) is 10. The van der Waals surface area contributed by atoms with E-state index < -0.39 is 54.6 Å². The van der Waals surface area contributed by atoms with Crippen LogP contribution in [0.3, 0.4) is 0 Å². The zero-order valence-corrected chi connectivity index (χ0v) is 17.2. The van der Waals surface area contributed by atoms with Crippen molar-refractivity contribution in [3.05, 3.63) is 52.1 Å². The summed E-state index contributed by atoms with van der Waals surface area (Å²) in [5, 5.41) is 50.0. The zero-order valence-electron chi connectivity index (χ0n) is 17.2. The lowest BCUT2D eigenvalue weighted by Gasteiger charge is -2.39. The fourth-order valence-corrected chi connectivity index (χ4v) is 3.96. The normalized spacial score (nSPS) is 27.0. The van der Waals surface area contributed by atoms with Crippen LogP contribution in [0, 0.1) is 6.92 Å². The fraction of sp³-hybridized carbons (Fsp3) is 0.364. The highest BCUT2D eigenvalue weighted by Gasteiger charge is 2.45. The maximum Gasteiger partial charge on any atom is 0.229 e. The topological polar surface area (TPSA) is 163 Å². The van der Waals surface area contributed by atoms with Crippen LogP contribution in [0.15, 0.2) is 24.3 Å². The smallest absolute Gasteiger partial charge is 0.229 e. The maximum atomic E-state index is 13.3. The Kier molecular flexibility index (Phi) is 5.65. The molecule has 1 heterocycles. The molecule has 2 aromatic carbocycles. The van der Waals surface area contributed by atoms with Gasteiger partial charge in [0, 0.05) is 17.2 Å². The number of ketones is 2. The van der Waals surface area contributed by atoms with Crippen LogP contribution in [-0.4, -0.2) is 81.5 Å². The molecule has 1 fully saturated rings. The van der Waals surface area contributed by atoms with Crippen molar-refractivity contribution in [3.63, 3.8) is 0 Å². The predicted octanol–water partition coefficient (Wildman–Crippen LogP) is -0.337. The third-order valence-electron chi connectivity index (χ3n) is 5.61. The molecule has 4 rings (SSSR count). The van der Waals surface area contributed by atoms with Crippen molar-refractivity contribution in [2.45, 2.75) is 37.6 Å². The zero-order chi connectivity index (χ0) is 23.3. The number of hydrogen-bond donors (Lipinski definition) is 5. The first-order chi connectivity index (χ1) is 15.2. The standard InChI is InChI=1S/C22H22O10/c1-8-3-10-16(19(27)15-11(17(10)25)5-9(30-2)6-12(15)24)13(4-8)31-22-21(29)20(28)18(26)14(7-23)32-22/h3-6,14,18,20-24,26,28-29H,7H2,1-2H3/t14-,18-,20+,21-,22+/m1/s1. The lowest BCUT2D eigenvalue weighted by molar-refractivity contribution is -0.277. The van der Waals surface area contributed by atoms with Gasteiger partial charge < -0.3 is 39.7 Å². The summed E-state index contributed by atoms with van der Waals surface area (Å²) in [6, 6.07) is 5.51. The number of fused-ring (bicyclic) bond motifs is 2. The minimum Gasteiger partial charge on any atom is -0.507 e. The summed E-state index contributed by atoms with van der Waals surface area (Å²) in [6.45, 7) is 1.01. The SMILES string of the molecule is COc1cc(O)c2c(c1)C(=O)c1cc(C)cc(O[C@H]3O[C@H](CO)[C@@H](O)[C@H](O)[C@H]3O)c1C2=O. The van der Waals surface area contributed by atoms with E-state index in [1.54, 1.807) is 6.92 Å². The molecule has 0 radical (unpaired) electrons. The van der Waals surface area contributed by atoms with Crippen molar-refractivity contribution in [2.75, 3.05) is 13.7 Å². The van der Waals surface area contributed by atoms with Crippen molar-refractivity contribution in [2.24, 2.45) is 0 Å². The summed E-state index contributed by atoms with van der Waals surface area (Å²) in [7, 11) is 1.36. The highest BCUT2D eigenvalue weighted by atomic mass is 16.7. The van der Waals surface area contributed by atoms with Crippen LogP contribution in [0.1, 0.15) is 37.4 Å². The number of phenols is 1. The Balaban J connectivity index is 1.79. The highest BCUT2D eigenvalue weighted by Crippen LogP contribution is 2.40. The number of methoxy groups -OCH3 is 1. The van der Waals surface area contributed by atoms with Gasteiger partial charge in [-0.3, -0.25) is 9.59 Å². The summed E-state index contributed by atoms with van der Waals surface area (Å²) >= 11 is 0. The number of benzene rings is 2. The summed E-state index contributed by atoms with van der Waals surface area (Å²) < 4.78 is 16.1. The van der Waals surface area contributed by atoms with Crippen LogP contribution in [0.4, 0.5) is 0 Å². The van der Waals surface area contributed by atoms with E-state index in [0.717, 1.165) is 0 Å².